The number of aromatic nitrogens is 4. The van der Waals surface area contributed by atoms with Gasteiger partial charge in [-0.2, -0.15) is 4.98 Å². The molecule has 2 aromatic heterocycles. The normalized spacial score (nSPS) is 17.5. The molecule has 1 aromatic carbocycles. The van der Waals surface area contributed by atoms with Crippen molar-refractivity contribution < 1.29 is 0 Å². The number of anilines is 1. The van der Waals surface area contributed by atoms with E-state index in [0.717, 1.165) is 31.0 Å². The van der Waals surface area contributed by atoms with Gasteiger partial charge in [0.05, 0.1) is 6.54 Å². The number of benzene rings is 1. The molecule has 2 aliphatic rings. The second kappa shape index (κ2) is 7.61. The lowest BCUT2D eigenvalue weighted by atomic mass is 9.94. The van der Waals surface area contributed by atoms with Crippen molar-refractivity contribution in [2.75, 3.05) is 11.4 Å². The zero-order chi connectivity index (χ0) is 20.8. The summed E-state index contributed by atoms with van der Waals surface area (Å²) in [5.41, 5.74) is 1.26. The lowest BCUT2D eigenvalue weighted by molar-refractivity contribution is 0.391. The lowest BCUT2D eigenvalue weighted by Gasteiger charge is -2.37. The molecule has 1 fully saturated rings. The number of halogens is 1. The summed E-state index contributed by atoms with van der Waals surface area (Å²) in [4.78, 5) is 33.6. The Kier molecular flexibility index (Phi) is 4.93. The molecule has 1 aliphatic carbocycles. The molecule has 0 N–H and O–H groups in total. The average molecular weight is 428 g/mol. The first kappa shape index (κ1) is 19.4. The molecule has 0 spiro atoms. The van der Waals surface area contributed by atoms with Crippen molar-refractivity contribution >= 4 is 28.7 Å². The first-order chi connectivity index (χ1) is 14.5. The molecule has 0 saturated heterocycles. The summed E-state index contributed by atoms with van der Waals surface area (Å²) in [6.45, 7) is 1.93. The molecule has 0 amide bonds. The van der Waals surface area contributed by atoms with Crippen LogP contribution in [0.3, 0.4) is 0 Å². The smallest absolute Gasteiger partial charge is 0.332 e. The monoisotopic (exact) mass is 427 g/mol. The third-order valence-electron chi connectivity index (χ3n) is 6.52. The van der Waals surface area contributed by atoms with Gasteiger partial charge in [-0.25, -0.2) is 4.79 Å². The van der Waals surface area contributed by atoms with E-state index in [-0.39, 0.29) is 17.8 Å². The van der Waals surface area contributed by atoms with Gasteiger partial charge in [-0.05, 0) is 37.0 Å². The molecule has 158 valence electrons. The van der Waals surface area contributed by atoms with Crippen LogP contribution in [0.15, 0.2) is 33.9 Å². The molecule has 0 unspecified atom stereocenters. The van der Waals surface area contributed by atoms with E-state index in [1.165, 1.54) is 41.2 Å². The number of hydrogen-bond acceptors (Lipinski definition) is 4. The Balaban J connectivity index is 1.64. The molecule has 30 heavy (non-hydrogen) atoms. The summed E-state index contributed by atoms with van der Waals surface area (Å²) in [7, 11) is 1.70. The Labute approximate surface area is 179 Å². The summed E-state index contributed by atoms with van der Waals surface area (Å²) in [6.07, 6.45) is 7.10. The van der Waals surface area contributed by atoms with E-state index in [1.54, 1.807) is 19.2 Å². The standard InChI is InChI=1S/C22H26ClN5O2/c1-25-19-18(20(29)28(22(25)30)14-15-8-10-16(23)11-9-15)27-13-5-12-26(21(27)24-19)17-6-3-2-4-7-17/h8-11,17H,2-7,12-14H2,1H3. The average Bonchev–Trinajstić information content (AvgIpc) is 3.17. The first-order valence-corrected chi connectivity index (χ1v) is 11.1. The van der Waals surface area contributed by atoms with Gasteiger partial charge in [0.2, 0.25) is 5.95 Å². The lowest BCUT2D eigenvalue weighted by Crippen LogP contribution is -2.42. The molecule has 3 aromatic rings. The number of nitrogens with zero attached hydrogens (tertiary/aromatic N) is 5. The maximum absolute atomic E-state index is 13.4. The number of fused-ring (bicyclic) bond motifs is 3. The van der Waals surface area contributed by atoms with Gasteiger partial charge in [0, 0.05) is 31.2 Å². The van der Waals surface area contributed by atoms with Gasteiger partial charge in [-0.3, -0.25) is 13.9 Å². The van der Waals surface area contributed by atoms with Gasteiger partial charge in [0.1, 0.15) is 0 Å². The van der Waals surface area contributed by atoms with Crippen molar-refractivity contribution in [1.82, 2.24) is 18.7 Å². The summed E-state index contributed by atoms with van der Waals surface area (Å²) in [6, 6.07) is 7.70. The van der Waals surface area contributed by atoms with Crippen LogP contribution in [0.1, 0.15) is 44.1 Å². The minimum Gasteiger partial charge on any atom is -0.339 e. The zero-order valence-corrected chi connectivity index (χ0v) is 17.9. The van der Waals surface area contributed by atoms with E-state index in [9.17, 15) is 9.59 Å². The van der Waals surface area contributed by atoms with Gasteiger partial charge >= 0.3 is 5.69 Å². The molecule has 1 saturated carbocycles. The topological polar surface area (TPSA) is 65.1 Å². The Bertz CT molecular complexity index is 1200. The molecular weight excluding hydrogens is 402 g/mol. The highest BCUT2D eigenvalue weighted by atomic mass is 35.5. The number of aryl methyl sites for hydroxylation is 2. The van der Waals surface area contributed by atoms with Crippen LogP contribution in [0.5, 0.6) is 0 Å². The summed E-state index contributed by atoms with van der Waals surface area (Å²) in [5.74, 6) is 0.847. The molecular formula is C22H26ClN5O2. The fourth-order valence-corrected chi connectivity index (χ4v) is 5.07. The fourth-order valence-electron chi connectivity index (χ4n) is 4.94. The molecule has 0 bridgehead atoms. The zero-order valence-electron chi connectivity index (χ0n) is 17.2. The van der Waals surface area contributed by atoms with Gasteiger partial charge in [0.15, 0.2) is 11.2 Å². The van der Waals surface area contributed by atoms with Crippen LogP contribution in [0.4, 0.5) is 5.95 Å². The molecule has 1 aliphatic heterocycles. The van der Waals surface area contributed by atoms with E-state index in [4.69, 9.17) is 16.6 Å². The van der Waals surface area contributed by atoms with Gasteiger partial charge in [-0.15, -0.1) is 0 Å². The van der Waals surface area contributed by atoms with Crippen molar-refractivity contribution in [3.8, 4) is 0 Å². The highest BCUT2D eigenvalue weighted by Crippen LogP contribution is 2.31. The van der Waals surface area contributed by atoms with Crippen molar-refractivity contribution in [1.29, 1.82) is 0 Å². The van der Waals surface area contributed by atoms with E-state index >= 15 is 0 Å². The van der Waals surface area contributed by atoms with Gasteiger partial charge < -0.3 is 9.47 Å². The maximum Gasteiger partial charge on any atom is 0.332 e. The van der Waals surface area contributed by atoms with E-state index in [0.29, 0.717) is 22.2 Å². The third kappa shape index (κ3) is 3.16. The Hall–Kier alpha value is -2.54. The van der Waals surface area contributed by atoms with Gasteiger partial charge in [0.25, 0.3) is 5.56 Å². The molecule has 7 nitrogen and oxygen atoms in total. The summed E-state index contributed by atoms with van der Waals surface area (Å²) in [5, 5.41) is 0.627. The van der Waals surface area contributed by atoms with Crippen LogP contribution >= 0.6 is 11.6 Å². The minimum atomic E-state index is -0.345. The second-order valence-electron chi connectivity index (χ2n) is 8.43. The van der Waals surface area contributed by atoms with E-state index in [1.807, 2.05) is 16.7 Å². The number of rotatable bonds is 3. The molecule has 8 heteroatoms. The third-order valence-corrected chi connectivity index (χ3v) is 6.77. The molecule has 0 atom stereocenters. The number of hydrogen-bond donors (Lipinski definition) is 0. The van der Waals surface area contributed by atoms with Gasteiger partial charge in [-0.1, -0.05) is 43.0 Å². The highest BCUT2D eigenvalue weighted by Gasteiger charge is 2.30. The predicted molar refractivity (Wildman–Crippen MR) is 119 cm³/mol. The maximum atomic E-state index is 13.4. The van der Waals surface area contributed by atoms with Crippen molar-refractivity contribution in [3.05, 3.63) is 55.7 Å². The Morgan fingerprint density at radius 1 is 1.03 bits per heavy atom. The van der Waals surface area contributed by atoms with E-state index in [2.05, 4.69) is 4.90 Å². The van der Waals surface area contributed by atoms with Crippen LogP contribution in [-0.4, -0.2) is 31.3 Å². The van der Waals surface area contributed by atoms with E-state index < -0.39 is 0 Å². The van der Waals surface area contributed by atoms with Crippen molar-refractivity contribution in [2.24, 2.45) is 7.05 Å². The van der Waals surface area contributed by atoms with Crippen LogP contribution < -0.4 is 16.1 Å². The van der Waals surface area contributed by atoms with Crippen LogP contribution in [0.25, 0.3) is 11.2 Å². The number of imidazole rings is 1. The molecule has 3 heterocycles. The summed E-state index contributed by atoms with van der Waals surface area (Å²) >= 11 is 5.97. The second-order valence-corrected chi connectivity index (χ2v) is 8.87. The SMILES string of the molecule is Cn1c(=O)n(Cc2ccc(Cl)cc2)c(=O)c2c1nc1n2CCCN1C1CCCCC1. The molecule has 5 rings (SSSR count). The van der Waals surface area contributed by atoms with Crippen LogP contribution in [0.2, 0.25) is 5.02 Å². The van der Waals surface area contributed by atoms with Crippen molar-refractivity contribution in [3.63, 3.8) is 0 Å². The van der Waals surface area contributed by atoms with Crippen LogP contribution in [0, 0.1) is 0 Å². The first-order valence-electron chi connectivity index (χ1n) is 10.8. The predicted octanol–water partition coefficient (Wildman–Crippen LogP) is 3.14. The largest absolute Gasteiger partial charge is 0.339 e. The molecule has 0 radical (unpaired) electrons. The van der Waals surface area contributed by atoms with Crippen LogP contribution in [-0.2, 0) is 20.1 Å². The van der Waals surface area contributed by atoms with Crippen molar-refractivity contribution in [2.45, 2.75) is 57.7 Å². The Morgan fingerprint density at radius 3 is 2.50 bits per heavy atom. The minimum absolute atomic E-state index is 0.214. The highest BCUT2D eigenvalue weighted by molar-refractivity contribution is 6.30. The summed E-state index contributed by atoms with van der Waals surface area (Å²) < 4.78 is 4.85. The Morgan fingerprint density at radius 2 is 1.77 bits per heavy atom. The fraction of sp³-hybridized carbons (Fsp3) is 0.500. The quantitative estimate of drug-likeness (QED) is 0.644.